The maximum absolute atomic E-state index is 14.2. The van der Waals surface area contributed by atoms with E-state index in [0.29, 0.717) is 17.1 Å². The van der Waals surface area contributed by atoms with Crippen molar-refractivity contribution in [3.63, 3.8) is 0 Å². The molecule has 0 N–H and O–H groups in total. The minimum Gasteiger partial charge on any atom is -0.306 e. The van der Waals surface area contributed by atoms with E-state index in [1.807, 2.05) is 0 Å². The average Bonchev–Trinajstić information content (AvgIpc) is 2.94. The molecule has 0 amide bonds. The molecule has 24 heavy (non-hydrogen) atoms. The molecule has 1 aliphatic rings. The molecule has 1 saturated heterocycles. The zero-order valence-corrected chi connectivity index (χ0v) is 13.5. The van der Waals surface area contributed by atoms with Gasteiger partial charge in [0.25, 0.3) is 0 Å². The Kier molecular flexibility index (Phi) is 3.81. The molecule has 0 spiro atoms. The van der Waals surface area contributed by atoms with E-state index in [2.05, 4.69) is 11.9 Å². The van der Waals surface area contributed by atoms with Crippen molar-refractivity contribution in [3.8, 4) is 5.69 Å². The number of para-hydroxylation sites is 1. The molecular formula is C19H19F2N3. The smallest absolute Gasteiger partial charge is 0.148 e. The van der Waals surface area contributed by atoms with Gasteiger partial charge < -0.3 is 4.90 Å². The van der Waals surface area contributed by atoms with Gasteiger partial charge in [-0.15, -0.1) is 0 Å². The highest BCUT2D eigenvalue weighted by Gasteiger charge is 2.24. The quantitative estimate of drug-likeness (QED) is 0.706. The molecule has 0 aliphatic carbocycles. The molecule has 0 bridgehead atoms. The second-order valence-electron chi connectivity index (χ2n) is 6.49. The summed E-state index contributed by atoms with van der Waals surface area (Å²) in [6, 6.07) is 11.1. The molecule has 1 fully saturated rings. The number of rotatable bonds is 2. The summed E-state index contributed by atoms with van der Waals surface area (Å²) in [6.07, 6.45) is 2.02. The van der Waals surface area contributed by atoms with Crippen molar-refractivity contribution in [2.45, 2.75) is 18.8 Å². The van der Waals surface area contributed by atoms with Crippen LogP contribution in [0.4, 0.5) is 8.78 Å². The summed E-state index contributed by atoms with van der Waals surface area (Å²) in [6.45, 7) is 2.03. The van der Waals surface area contributed by atoms with E-state index in [-0.39, 0.29) is 11.6 Å². The molecule has 124 valence electrons. The number of nitrogens with zero attached hydrogens (tertiary/aromatic N) is 3. The van der Waals surface area contributed by atoms with Crippen LogP contribution in [0.1, 0.15) is 24.5 Å². The summed E-state index contributed by atoms with van der Waals surface area (Å²) in [5, 5.41) is 5.61. The number of aromatic nitrogens is 2. The summed E-state index contributed by atoms with van der Waals surface area (Å²) in [7, 11) is 2.11. The van der Waals surface area contributed by atoms with Gasteiger partial charge in [0.05, 0.1) is 11.2 Å². The summed E-state index contributed by atoms with van der Waals surface area (Å²) >= 11 is 0. The Morgan fingerprint density at radius 3 is 2.54 bits per heavy atom. The lowest BCUT2D eigenvalue weighted by molar-refractivity contribution is 0.253. The fraction of sp³-hybridized carbons (Fsp3) is 0.316. The fourth-order valence-electron chi connectivity index (χ4n) is 3.50. The zero-order chi connectivity index (χ0) is 16.7. The van der Waals surface area contributed by atoms with Crippen LogP contribution >= 0.6 is 0 Å². The molecule has 0 saturated carbocycles. The Labute approximate surface area is 139 Å². The highest BCUT2D eigenvalue weighted by molar-refractivity contribution is 5.84. The average molecular weight is 327 g/mol. The second kappa shape index (κ2) is 5.98. The van der Waals surface area contributed by atoms with E-state index < -0.39 is 0 Å². The van der Waals surface area contributed by atoms with Crippen molar-refractivity contribution in [2.24, 2.45) is 0 Å². The Balaban J connectivity index is 1.88. The maximum Gasteiger partial charge on any atom is 0.148 e. The van der Waals surface area contributed by atoms with Gasteiger partial charge in [-0.25, -0.2) is 13.5 Å². The van der Waals surface area contributed by atoms with Gasteiger partial charge in [0.15, 0.2) is 0 Å². The molecule has 0 unspecified atom stereocenters. The van der Waals surface area contributed by atoms with Crippen LogP contribution in [0.3, 0.4) is 0 Å². The van der Waals surface area contributed by atoms with Crippen LogP contribution in [0.2, 0.25) is 0 Å². The topological polar surface area (TPSA) is 21.1 Å². The molecule has 2 aromatic carbocycles. The van der Waals surface area contributed by atoms with Gasteiger partial charge in [0.1, 0.15) is 17.3 Å². The van der Waals surface area contributed by atoms with Gasteiger partial charge >= 0.3 is 0 Å². The minimum absolute atomic E-state index is 0.321. The van der Waals surface area contributed by atoms with Crippen LogP contribution in [0.5, 0.6) is 0 Å². The Morgan fingerprint density at radius 1 is 1.04 bits per heavy atom. The van der Waals surface area contributed by atoms with E-state index in [9.17, 15) is 8.78 Å². The number of hydrogen-bond acceptors (Lipinski definition) is 2. The van der Waals surface area contributed by atoms with E-state index >= 15 is 0 Å². The van der Waals surface area contributed by atoms with E-state index in [0.717, 1.165) is 37.0 Å². The summed E-state index contributed by atoms with van der Waals surface area (Å²) < 4.78 is 29.6. The first-order valence-electron chi connectivity index (χ1n) is 8.25. The summed E-state index contributed by atoms with van der Waals surface area (Å²) in [5.74, 6) is -0.377. The van der Waals surface area contributed by atoms with Gasteiger partial charge in [-0.3, -0.25) is 0 Å². The van der Waals surface area contributed by atoms with Crippen LogP contribution < -0.4 is 0 Å². The van der Waals surface area contributed by atoms with E-state index in [4.69, 9.17) is 5.10 Å². The first-order valence-corrected chi connectivity index (χ1v) is 8.25. The number of piperidine rings is 1. The first kappa shape index (κ1) is 15.3. The third-order valence-corrected chi connectivity index (χ3v) is 4.86. The fourth-order valence-corrected chi connectivity index (χ4v) is 3.50. The van der Waals surface area contributed by atoms with Gasteiger partial charge in [-0.2, -0.15) is 5.10 Å². The standard InChI is InChI=1S/C19H19F2N3/c1-23-10-8-13(9-11-23)19-15-7-6-14(20)12-18(15)24(22-19)17-5-3-2-4-16(17)21/h2-7,12-13H,8-11H2,1H3. The lowest BCUT2D eigenvalue weighted by atomic mass is 9.92. The number of benzene rings is 2. The largest absolute Gasteiger partial charge is 0.306 e. The highest BCUT2D eigenvalue weighted by atomic mass is 19.1. The van der Waals surface area contributed by atoms with Crippen LogP contribution in [-0.2, 0) is 0 Å². The highest BCUT2D eigenvalue weighted by Crippen LogP contribution is 2.34. The summed E-state index contributed by atoms with van der Waals surface area (Å²) in [4.78, 5) is 2.30. The predicted octanol–water partition coefficient (Wildman–Crippen LogP) is 4.11. The van der Waals surface area contributed by atoms with Crippen molar-refractivity contribution in [3.05, 3.63) is 59.8 Å². The first-order chi connectivity index (χ1) is 11.6. The number of fused-ring (bicyclic) bond motifs is 1. The molecule has 1 aliphatic heterocycles. The van der Waals surface area contributed by atoms with Crippen LogP contribution in [0, 0.1) is 11.6 Å². The number of halogens is 2. The SMILES string of the molecule is CN1CCC(c2nn(-c3ccccc3F)c3cc(F)ccc23)CC1. The summed E-state index contributed by atoms with van der Waals surface area (Å²) in [5.41, 5.74) is 1.92. The van der Waals surface area contributed by atoms with Crippen molar-refractivity contribution in [1.29, 1.82) is 0 Å². The van der Waals surface area contributed by atoms with Crippen molar-refractivity contribution in [2.75, 3.05) is 20.1 Å². The van der Waals surface area contributed by atoms with Gasteiger partial charge in [-0.1, -0.05) is 12.1 Å². The van der Waals surface area contributed by atoms with Crippen molar-refractivity contribution < 1.29 is 8.78 Å². The van der Waals surface area contributed by atoms with Gasteiger partial charge in [-0.05, 0) is 57.2 Å². The third-order valence-electron chi connectivity index (χ3n) is 4.86. The van der Waals surface area contributed by atoms with Crippen LogP contribution in [-0.4, -0.2) is 34.8 Å². The molecule has 5 heteroatoms. The Hall–Kier alpha value is -2.27. The van der Waals surface area contributed by atoms with Crippen molar-refractivity contribution >= 4 is 10.9 Å². The van der Waals surface area contributed by atoms with E-state index in [1.54, 1.807) is 28.9 Å². The third kappa shape index (κ3) is 2.59. The number of likely N-dealkylation sites (tertiary alicyclic amines) is 1. The molecule has 3 nitrogen and oxygen atoms in total. The minimum atomic E-state index is -0.360. The molecule has 1 aromatic heterocycles. The van der Waals surface area contributed by atoms with Gasteiger partial charge in [0.2, 0.25) is 0 Å². The Morgan fingerprint density at radius 2 is 1.79 bits per heavy atom. The second-order valence-corrected chi connectivity index (χ2v) is 6.49. The number of hydrogen-bond donors (Lipinski definition) is 0. The molecule has 4 rings (SSSR count). The normalized spacial score (nSPS) is 16.8. The lowest BCUT2D eigenvalue weighted by Gasteiger charge is -2.28. The lowest BCUT2D eigenvalue weighted by Crippen LogP contribution is -2.29. The van der Waals surface area contributed by atoms with Crippen molar-refractivity contribution in [1.82, 2.24) is 14.7 Å². The zero-order valence-electron chi connectivity index (χ0n) is 13.5. The van der Waals surface area contributed by atoms with Crippen LogP contribution in [0.25, 0.3) is 16.6 Å². The van der Waals surface area contributed by atoms with E-state index in [1.165, 1.54) is 18.2 Å². The molecule has 0 radical (unpaired) electrons. The van der Waals surface area contributed by atoms with Gasteiger partial charge in [0, 0.05) is 17.4 Å². The predicted molar refractivity (Wildman–Crippen MR) is 90.5 cm³/mol. The maximum atomic E-state index is 14.2. The van der Waals surface area contributed by atoms with Crippen LogP contribution in [0.15, 0.2) is 42.5 Å². The molecule has 2 heterocycles. The molecule has 3 aromatic rings. The monoisotopic (exact) mass is 327 g/mol. The molecule has 0 atom stereocenters. The Bertz CT molecular complexity index is 879. The molecular weight excluding hydrogens is 308 g/mol.